The maximum atomic E-state index is 12.8. The third-order valence-electron chi connectivity index (χ3n) is 2.04. The molecule has 0 unspecified atom stereocenters. The molecule has 0 bridgehead atoms. The zero-order valence-electron chi connectivity index (χ0n) is 8.20. The monoisotopic (exact) mass is 207 g/mol. The van der Waals surface area contributed by atoms with Gasteiger partial charge in [-0.05, 0) is 6.92 Å². The standard InChI is InChI=1S/C10H10FN3O/c1-7-8(6-15-14-7)3-13-10-2-9(11)4-12-5-10/h2,4-6,13H,3H2,1H3. The van der Waals surface area contributed by atoms with Crippen LogP contribution in [0.4, 0.5) is 10.1 Å². The van der Waals surface area contributed by atoms with Crippen LogP contribution in [0.2, 0.25) is 0 Å². The first kappa shape index (κ1) is 9.64. The molecule has 0 aliphatic rings. The molecule has 2 aromatic heterocycles. The van der Waals surface area contributed by atoms with Gasteiger partial charge in [0.05, 0.1) is 23.8 Å². The summed E-state index contributed by atoms with van der Waals surface area (Å²) in [7, 11) is 0. The van der Waals surface area contributed by atoms with Crippen LogP contribution >= 0.6 is 0 Å². The summed E-state index contributed by atoms with van der Waals surface area (Å²) in [6.07, 6.45) is 4.29. The highest BCUT2D eigenvalue weighted by atomic mass is 19.1. The lowest BCUT2D eigenvalue weighted by Gasteiger charge is -2.03. The predicted octanol–water partition coefficient (Wildman–Crippen LogP) is 2.13. The molecule has 0 aromatic carbocycles. The number of hydrogen-bond donors (Lipinski definition) is 1. The average Bonchev–Trinajstić information content (AvgIpc) is 2.61. The van der Waals surface area contributed by atoms with E-state index < -0.39 is 0 Å². The van der Waals surface area contributed by atoms with Crippen LogP contribution in [0.25, 0.3) is 0 Å². The van der Waals surface area contributed by atoms with Gasteiger partial charge in [-0.1, -0.05) is 5.16 Å². The van der Waals surface area contributed by atoms with Crippen LogP contribution in [0.1, 0.15) is 11.3 Å². The zero-order valence-corrected chi connectivity index (χ0v) is 8.20. The molecule has 0 saturated carbocycles. The Kier molecular flexibility index (Phi) is 2.62. The first-order valence-corrected chi connectivity index (χ1v) is 4.50. The molecular formula is C10H10FN3O. The Balaban J connectivity index is 2.02. The maximum absolute atomic E-state index is 12.8. The van der Waals surface area contributed by atoms with Crippen molar-refractivity contribution in [2.75, 3.05) is 5.32 Å². The molecule has 78 valence electrons. The molecular weight excluding hydrogens is 197 g/mol. The third kappa shape index (κ3) is 2.31. The van der Waals surface area contributed by atoms with E-state index >= 15 is 0 Å². The number of nitrogens with zero attached hydrogens (tertiary/aromatic N) is 2. The van der Waals surface area contributed by atoms with Crippen molar-refractivity contribution < 1.29 is 8.91 Å². The Hall–Kier alpha value is -1.91. The van der Waals surface area contributed by atoms with E-state index in [0.29, 0.717) is 12.2 Å². The van der Waals surface area contributed by atoms with E-state index in [9.17, 15) is 4.39 Å². The van der Waals surface area contributed by atoms with Crippen molar-refractivity contribution in [3.63, 3.8) is 0 Å². The quantitative estimate of drug-likeness (QED) is 0.837. The fourth-order valence-electron chi connectivity index (χ4n) is 1.19. The summed E-state index contributed by atoms with van der Waals surface area (Å²) < 4.78 is 17.6. The van der Waals surface area contributed by atoms with Crippen molar-refractivity contribution >= 4 is 5.69 Å². The number of rotatable bonds is 3. The smallest absolute Gasteiger partial charge is 0.143 e. The largest absolute Gasteiger partial charge is 0.379 e. The molecule has 4 nitrogen and oxygen atoms in total. The van der Waals surface area contributed by atoms with Gasteiger partial charge in [-0.3, -0.25) is 4.98 Å². The Labute approximate surface area is 86.1 Å². The fourth-order valence-corrected chi connectivity index (χ4v) is 1.19. The Morgan fingerprint density at radius 1 is 1.47 bits per heavy atom. The van der Waals surface area contributed by atoms with Crippen LogP contribution < -0.4 is 5.32 Å². The molecule has 0 saturated heterocycles. The summed E-state index contributed by atoms with van der Waals surface area (Å²) in [5.74, 6) is -0.359. The van der Waals surface area contributed by atoms with Crippen LogP contribution in [-0.4, -0.2) is 10.1 Å². The molecule has 2 aromatic rings. The number of aromatic nitrogens is 2. The van der Waals surface area contributed by atoms with Gasteiger partial charge < -0.3 is 9.84 Å². The van der Waals surface area contributed by atoms with Crippen LogP contribution in [0.3, 0.4) is 0 Å². The van der Waals surface area contributed by atoms with E-state index in [1.165, 1.54) is 6.07 Å². The molecule has 0 fully saturated rings. The van der Waals surface area contributed by atoms with Crippen molar-refractivity contribution in [2.45, 2.75) is 13.5 Å². The van der Waals surface area contributed by atoms with Gasteiger partial charge >= 0.3 is 0 Å². The van der Waals surface area contributed by atoms with E-state index in [1.807, 2.05) is 6.92 Å². The lowest BCUT2D eigenvalue weighted by Crippen LogP contribution is -2.00. The summed E-state index contributed by atoms with van der Waals surface area (Å²) in [4.78, 5) is 3.73. The molecule has 2 rings (SSSR count). The minimum Gasteiger partial charge on any atom is -0.379 e. The molecule has 0 atom stereocenters. The van der Waals surface area contributed by atoms with Gasteiger partial charge in [-0.25, -0.2) is 4.39 Å². The Bertz CT molecular complexity index is 455. The molecule has 0 radical (unpaired) electrons. The lowest BCUT2D eigenvalue weighted by atomic mass is 10.2. The van der Waals surface area contributed by atoms with E-state index in [4.69, 9.17) is 4.52 Å². The zero-order chi connectivity index (χ0) is 10.7. The van der Waals surface area contributed by atoms with Crippen LogP contribution in [0.15, 0.2) is 29.2 Å². The highest BCUT2D eigenvalue weighted by molar-refractivity contribution is 5.41. The van der Waals surface area contributed by atoms with Gasteiger partial charge in [-0.15, -0.1) is 0 Å². The minimum atomic E-state index is -0.359. The third-order valence-corrected chi connectivity index (χ3v) is 2.04. The second-order valence-corrected chi connectivity index (χ2v) is 3.17. The highest BCUT2D eigenvalue weighted by Crippen LogP contribution is 2.11. The first-order valence-electron chi connectivity index (χ1n) is 4.50. The van der Waals surface area contributed by atoms with Gasteiger partial charge in [-0.2, -0.15) is 0 Å². The number of nitrogens with one attached hydrogen (secondary N) is 1. The van der Waals surface area contributed by atoms with Crippen LogP contribution in [-0.2, 0) is 6.54 Å². The average molecular weight is 207 g/mol. The molecule has 2 heterocycles. The Morgan fingerprint density at radius 3 is 3.00 bits per heavy atom. The molecule has 0 spiro atoms. The predicted molar refractivity (Wildman–Crippen MR) is 52.8 cm³/mol. The molecule has 0 amide bonds. The molecule has 15 heavy (non-hydrogen) atoms. The number of hydrogen-bond acceptors (Lipinski definition) is 4. The number of pyridine rings is 1. The normalized spacial score (nSPS) is 10.3. The van der Waals surface area contributed by atoms with E-state index in [1.54, 1.807) is 12.5 Å². The van der Waals surface area contributed by atoms with Crippen molar-refractivity contribution in [3.05, 3.63) is 41.8 Å². The van der Waals surface area contributed by atoms with Crippen molar-refractivity contribution in [2.24, 2.45) is 0 Å². The van der Waals surface area contributed by atoms with E-state index in [-0.39, 0.29) is 5.82 Å². The molecule has 5 heteroatoms. The summed E-state index contributed by atoms with van der Waals surface area (Å²) in [5, 5.41) is 6.77. The number of halogens is 1. The van der Waals surface area contributed by atoms with Crippen LogP contribution in [0, 0.1) is 12.7 Å². The van der Waals surface area contributed by atoms with Gasteiger partial charge in [0.15, 0.2) is 0 Å². The molecule has 0 aliphatic carbocycles. The van der Waals surface area contributed by atoms with E-state index in [2.05, 4.69) is 15.5 Å². The first-order chi connectivity index (χ1) is 7.25. The van der Waals surface area contributed by atoms with E-state index in [0.717, 1.165) is 17.5 Å². The summed E-state index contributed by atoms with van der Waals surface area (Å²) in [5.41, 5.74) is 2.40. The summed E-state index contributed by atoms with van der Waals surface area (Å²) in [6, 6.07) is 1.38. The van der Waals surface area contributed by atoms with Crippen LogP contribution in [0.5, 0.6) is 0 Å². The van der Waals surface area contributed by atoms with Crippen molar-refractivity contribution in [3.8, 4) is 0 Å². The topological polar surface area (TPSA) is 51.0 Å². The fraction of sp³-hybridized carbons (Fsp3) is 0.200. The SMILES string of the molecule is Cc1nocc1CNc1cncc(F)c1. The van der Waals surface area contributed by atoms with Gasteiger partial charge in [0.25, 0.3) is 0 Å². The second kappa shape index (κ2) is 4.08. The number of anilines is 1. The molecule has 0 aliphatic heterocycles. The maximum Gasteiger partial charge on any atom is 0.143 e. The van der Waals surface area contributed by atoms with Crippen molar-refractivity contribution in [1.29, 1.82) is 0 Å². The molecule has 1 N–H and O–H groups in total. The van der Waals surface area contributed by atoms with Gasteiger partial charge in [0.1, 0.15) is 12.1 Å². The second-order valence-electron chi connectivity index (χ2n) is 3.17. The van der Waals surface area contributed by atoms with Crippen molar-refractivity contribution in [1.82, 2.24) is 10.1 Å². The summed E-state index contributed by atoms with van der Waals surface area (Å²) >= 11 is 0. The lowest BCUT2D eigenvalue weighted by molar-refractivity contribution is 0.414. The highest BCUT2D eigenvalue weighted by Gasteiger charge is 2.02. The Morgan fingerprint density at radius 2 is 2.33 bits per heavy atom. The van der Waals surface area contributed by atoms with Gasteiger partial charge in [0, 0.05) is 18.2 Å². The minimum absolute atomic E-state index is 0.359. The number of aryl methyl sites for hydroxylation is 1. The summed E-state index contributed by atoms with van der Waals surface area (Å²) in [6.45, 7) is 2.39. The van der Waals surface area contributed by atoms with Gasteiger partial charge in [0.2, 0.25) is 0 Å².